The van der Waals surface area contributed by atoms with Gasteiger partial charge < -0.3 is 0 Å². The summed E-state index contributed by atoms with van der Waals surface area (Å²) < 4.78 is 13.9. The largest absolute Gasteiger partial charge is 0.207 e. The van der Waals surface area contributed by atoms with E-state index in [9.17, 15) is 4.39 Å². The van der Waals surface area contributed by atoms with Gasteiger partial charge in [-0.25, -0.2) is 4.39 Å². The van der Waals surface area contributed by atoms with E-state index < -0.39 is 0 Å². The number of hydrogen-bond acceptors (Lipinski definition) is 1. The fraction of sp³-hybridized carbons (Fsp3) is 0.500. The van der Waals surface area contributed by atoms with Crippen LogP contribution in [0, 0.1) is 11.7 Å². The fourth-order valence-electron chi connectivity index (χ4n) is 4.32. The molecular weight excluding hydrogens is 339 g/mol. The molecule has 0 radical (unpaired) electrons. The van der Waals surface area contributed by atoms with E-state index in [0.717, 1.165) is 5.75 Å². The average molecular weight is 371 g/mol. The van der Waals surface area contributed by atoms with Crippen LogP contribution < -0.4 is 0 Å². The smallest absolute Gasteiger partial charge is 0.123 e. The summed E-state index contributed by atoms with van der Waals surface area (Å²) in [7, 11) is 0. The van der Waals surface area contributed by atoms with E-state index in [1.807, 2.05) is 11.8 Å². The van der Waals surface area contributed by atoms with E-state index in [4.69, 9.17) is 0 Å². The summed E-state index contributed by atoms with van der Waals surface area (Å²) in [5, 5.41) is 0. The molecule has 0 nitrogen and oxygen atoms in total. The van der Waals surface area contributed by atoms with Crippen LogP contribution in [-0.2, 0) is 5.75 Å². The summed E-state index contributed by atoms with van der Waals surface area (Å²) in [4.78, 5) is 1.37. The van der Waals surface area contributed by atoms with Crippen molar-refractivity contribution in [2.45, 2.75) is 75.4 Å². The Bertz CT molecular complexity index is 709. The summed E-state index contributed by atoms with van der Waals surface area (Å²) in [6.45, 7) is 4.59. The summed E-state index contributed by atoms with van der Waals surface area (Å²) >= 11 is 1.86. The number of rotatable bonds is 8. The number of fused-ring (bicyclic) bond motifs is 2. The molecule has 0 aromatic heterocycles. The standard InChI is InChI=1S/C24H31FS/c1-3-5-6-7-8-11-18(4-2)24-21-15-14-20(25)16-19(21)17-26-23-13-10-9-12-22(23)24/h9-10,12-16,18,24H,3-8,11,17H2,1-2H3/t18-,24?/m1/s1. The van der Waals surface area contributed by atoms with E-state index in [0.29, 0.717) is 11.8 Å². The fourth-order valence-corrected chi connectivity index (χ4v) is 5.42. The quantitative estimate of drug-likeness (QED) is 0.425. The van der Waals surface area contributed by atoms with Gasteiger partial charge in [-0.1, -0.05) is 76.6 Å². The zero-order valence-electron chi connectivity index (χ0n) is 16.1. The van der Waals surface area contributed by atoms with Gasteiger partial charge in [0, 0.05) is 16.6 Å². The lowest BCUT2D eigenvalue weighted by Crippen LogP contribution is -2.15. The summed E-state index contributed by atoms with van der Waals surface area (Å²) in [5.41, 5.74) is 3.98. The van der Waals surface area contributed by atoms with Gasteiger partial charge in [-0.3, -0.25) is 0 Å². The molecule has 0 aliphatic carbocycles. The van der Waals surface area contributed by atoms with Crippen LogP contribution in [0.5, 0.6) is 0 Å². The molecule has 0 spiro atoms. The van der Waals surface area contributed by atoms with Crippen LogP contribution >= 0.6 is 11.8 Å². The number of unbranched alkanes of at least 4 members (excludes halogenated alkanes) is 4. The first-order valence-electron chi connectivity index (χ1n) is 10.2. The van der Waals surface area contributed by atoms with Crippen LogP contribution in [-0.4, -0.2) is 0 Å². The van der Waals surface area contributed by atoms with Gasteiger partial charge in [0.05, 0.1) is 0 Å². The maximum Gasteiger partial charge on any atom is 0.123 e. The Kier molecular flexibility index (Phi) is 7.19. The monoisotopic (exact) mass is 370 g/mol. The van der Waals surface area contributed by atoms with Gasteiger partial charge in [0.25, 0.3) is 0 Å². The molecule has 2 aromatic rings. The second-order valence-electron chi connectivity index (χ2n) is 7.52. The highest BCUT2D eigenvalue weighted by molar-refractivity contribution is 7.98. The van der Waals surface area contributed by atoms with E-state index >= 15 is 0 Å². The summed E-state index contributed by atoms with van der Waals surface area (Å²) in [6, 6.07) is 14.3. The van der Waals surface area contributed by atoms with Crippen LogP contribution in [0.1, 0.15) is 81.4 Å². The maximum atomic E-state index is 13.9. The first-order valence-corrected chi connectivity index (χ1v) is 11.2. The van der Waals surface area contributed by atoms with Crippen molar-refractivity contribution < 1.29 is 4.39 Å². The Balaban J connectivity index is 1.90. The minimum absolute atomic E-state index is 0.110. The SMILES string of the molecule is CCCCCCC[C@@H](CC)C1c2ccc(F)cc2CSc2ccccc21. The van der Waals surface area contributed by atoms with Gasteiger partial charge >= 0.3 is 0 Å². The molecule has 1 unspecified atom stereocenters. The summed E-state index contributed by atoms with van der Waals surface area (Å²) in [6.07, 6.45) is 9.08. The lowest BCUT2D eigenvalue weighted by molar-refractivity contribution is 0.395. The highest BCUT2D eigenvalue weighted by Crippen LogP contribution is 2.46. The maximum absolute atomic E-state index is 13.9. The molecule has 1 aliphatic heterocycles. The summed E-state index contributed by atoms with van der Waals surface area (Å²) in [5.74, 6) is 1.78. The van der Waals surface area contributed by atoms with Gasteiger partial charge in [0.2, 0.25) is 0 Å². The molecule has 0 bridgehead atoms. The van der Waals surface area contributed by atoms with Gasteiger partial charge in [-0.2, -0.15) is 0 Å². The van der Waals surface area contributed by atoms with Crippen molar-refractivity contribution >= 4 is 11.8 Å². The van der Waals surface area contributed by atoms with Crippen molar-refractivity contribution in [3.8, 4) is 0 Å². The molecule has 1 heterocycles. The van der Waals surface area contributed by atoms with E-state index in [1.165, 1.54) is 66.5 Å². The van der Waals surface area contributed by atoms with Crippen molar-refractivity contribution in [2.24, 2.45) is 5.92 Å². The zero-order chi connectivity index (χ0) is 18.4. The van der Waals surface area contributed by atoms with Crippen molar-refractivity contribution in [1.29, 1.82) is 0 Å². The van der Waals surface area contributed by atoms with Crippen molar-refractivity contribution in [2.75, 3.05) is 0 Å². The van der Waals surface area contributed by atoms with Crippen molar-refractivity contribution in [1.82, 2.24) is 0 Å². The zero-order valence-corrected chi connectivity index (χ0v) is 17.0. The number of thioether (sulfide) groups is 1. The molecule has 0 N–H and O–H groups in total. The van der Waals surface area contributed by atoms with Gasteiger partial charge in [-0.05, 0) is 47.2 Å². The third-order valence-corrected chi connectivity index (χ3v) is 6.89. The van der Waals surface area contributed by atoms with Crippen LogP contribution in [0.25, 0.3) is 0 Å². The molecule has 1 aliphatic rings. The van der Waals surface area contributed by atoms with Gasteiger partial charge in [0.1, 0.15) is 5.82 Å². The predicted molar refractivity (Wildman–Crippen MR) is 111 cm³/mol. The molecule has 0 amide bonds. The molecular formula is C24H31FS. The minimum Gasteiger partial charge on any atom is -0.207 e. The Labute approximate surface area is 162 Å². The molecule has 2 aromatic carbocycles. The van der Waals surface area contributed by atoms with E-state index in [1.54, 1.807) is 12.1 Å². The Morgan fingerprint density at radius 1 is 1.00 bits per heavy atom. The third kappa shape index (κ3) is 4.52. The number of halogens is 1. The topological polar surface area (TPSA) is 0 Å². The molecule has 0 fully saturated rings. The van der Waals surface area contributed by atoms with E-state index in [-0.39, 0.29) is 5.82 Å². The Morgan fingerprint density at radius 2 is 1.81 bits per heavy atom. The van der Waals surface area contributed by atoms with Gasteiger partial charge in [0.15, 0.2) is 0 Å². The highest BCUT2D eigenvalue weighted by atomic mass is 32.2. The lowest BCUT2D eigenvalue weighted by Gasteiger charge is -2.29. The first-order chi connectivity index (χ1) is 12.7. The van der Waals surface area contributed by atoms with Crippen LogP contribution in [0.4, 0.5) is 4.39 Å². The predicted octanol–water partition coefficient (Wildman–Crippen LogP) is 7.95. The Hall–Kier alpha value is -1.28. The molecule has 3 rings (SSSR count). The second kappa shape index (κ2) is 9.60. The molecule has 2 atom stereocenters. The van der Waals surface area contributed by atoms with E-state index in [2.05, 4.69) is 44.2 Å². The minimum atomic E-state index is -0.110. The number of hydrogen-bond donors (Lipinski definition) is 0. The molecule has 140 valence electrons. The third-order valence-electron chi connectivity index (χ3n) is 5.75. The molecule has 26 heavy (non-hydrogen) atoms. The van der Waals surface area contributed by atoms with Crippen molar-refractivity contribution in [3.63, 3.8) is 0 Å². The van der Waals surface area contributed by atoms with Crippen molar-refractivity contribution in [3.05, 3.63) is 65.0 Å². The number of benzene rings is 2. The van der Waals surface area contributed by atoms with Gasteiger partial charge in [-0.15, -0.1) is 11.8 Å². The van der Waals surface area contributed by atoms with Crippen LogP contribution in [0.15, 0.2) is 47.4 Å². The average Bonchev–Trinajstić information content (AvgIpc) is 2.82. The Morgan fingerprint density at radius 3 is 2.62 bits per heavy atom. The second-order valence-corrected chi connectivity index (χ2v) is 8.54. The molecule has 0 saturated heterocycles. The first kappa shape index (κ1) is 19.5. The van der Waals surface area contributed by atoms with Crippen LogP contribution in [0.2, 0.25) is 0 Å². The lowest BCUT2D eigenvalue weighted by atomic mass is 9.75. The normalized spacial score (nSPS) is 17.3. The molecule has 2 heteroatoms. The van der Waals surface area contributed by atoms with Crippen LogP contribution in [0.3, 0.4) is 0 Å². The highest BCUT2D eigenvalue weighted by Gasteiger charge is 2.29. The molecule has 0 saturated carbocycles.